The van der Waals surface area contributed by atoms with Gasteiger partial charge in [-0.2, -0.15) is 0 Å². The molecule has 0 fully saturated rings. The van der Waals surface area contributed by atoms with Crippen LogP contribution < -0.4 is 0 Å². The summed E-state index contributed by atoms with van der Waals surface area (Å²) >= 11 is 3.18. The monoisotopic (exact) mass is 292 g/mol. The molecule has 0 amide bonds. The van der Waals surface area contributed by atoms with Crippen LogP contribution in [-0.4, -0.2) is 20.5 Å². The highest BCUT2D eigenvalue weighted by Gasteiger charge is 2.20. The first-order valence-corrected chi connectivity index (χ1v) is 7.50. The number of thiophene rings is 1. The number of carboxylic acid groups (broad SMARTS) is 1. The van der Waals surface area contributed by atoms with Gasteiger partial charge in [-0.25, -0.2) is 4.98 Å². The van der Waals surface area contributed by atoms with Gasteiger partial charge in [0.05, 0.1) is 17.0 Å². The Kier molecular flexibility index (Phi) is 2.91. The van der Waals surface area contributed by atoms with Gasteiger partial charge < -0.3 is 5.11 Å². The molecule has 0 spiro atoms. The average molecular weight is 292 g/mol. The number of aromatic nitrogens is 2. The molecule has 3 heterocycles. The molecule has 3 aromatic heterocycles. The van der Waals surface area contributed by atoms with E-state index < -0.39 is 5.97 Å². The number of rotatable bonds is 3. The molecular formula is C13H12N2O2S2. The van der Waals surface area contributed by atoms with Crippen molar-refractivity contribution in [2.75, 3.05) is 0 Å². The summed E-state index contributed by atoms with van der Waals surface area (Å²) < 4.78 is 1.98. The highest BCUT2D eigenvalue weighted by atomic mass is 32.1. The van der Waals surface area contributed by atoms with Crippen molar-refractivity contribution in [1.29, 1.82) is 0 Å². The lowest BCUT2D eigenvalue weighted by Crippen LogP contribution is -2.05. The van der Waals surface area contributed by atoms with E-state index in [-0.39, 0.29) is 6.42 Å². The zero-order valence-corrected chi connectivity index (χ0v) is 12.1. The minimum Gasteiger partial charge on any atom is -0.481 e. The van der Waals surface area contributed by atoms with Crippen molar-refractivity contribution in [3.05, 3.63) is 33.8 Å². The molecule has 3 rings (SSSR count). The van der Waals surface area contributed by atoms with Crippen LogP contribution in [0.25, 0.3) is 15.5 Å². The number of aryl methyl sites for hydroxylation is 2. The largest absolute Gasteiger partial charge is 0.481 e. The molecule has 0 unspecified atom stereocenters. The third-order valence-corrected chi connectivity index (χ3v) is 5.04. The smallest absolute Gasteiger partial charge is 0.309 e. The molecule has 0 aromatic carbocycles. The first-order valence-electron chi connectivity index (χ1n) is 5.81. The van der Waals surface area contributed by atoms with Crippen molar-refractivity contribution in [2.24, 2.45) is 0 Å². The SMILES string of the molecule is Cc1sc2nc(-c3cccs3)c(CC(=O)O)n2c1C. The number of aliphatic carboxylic acids is 1. The zero-order valence-electron chi connectivity index (χ0n) is 10.5. The van der Waals surface area contributed by atoms with Gasteiger partial charge in [0.25, 0.3) is 0 Å². The van der Waals surface area contributed by atoms with Gasteiger partial charge in [0.2, 0.25) is 0 Å². The maximum atomic E-state index is 11.1. The summed E-state index contributed by atoms with van der Waals surface area (Å²) in [6, 6.07) is 3.93. The quantitative estimate of drug-likeness (QED) is 0.805. The van der Waals surface area contributed by atoms with Gasteiger partial charge in [-0.1, -0.05) is 6.07 Å². The predicted molar refractivity (Wildman–Crippen MR) is 77.2 cm³/mol. The lowest BCUT2D eigenvalue weighted by molar-refractivity contribution is -0.136. The van der Waals surface area contributed by atoms with Gasteiger partial charge in [0.15, 0.2) is 4.96 Å². The second-order valence-electron chi connectivity index (χ2n) is 4.32. The first kappa shape index (κ1) is 12.4. The predicted octanol–water partition coefficient (Wildman–Crippen LogP) is 3.37. The molecule has 6 heteroatoms. The van der Waals surface area contributed by atoms with Crippen LogP contribution in [0.3, 0.4) is 0 Å². The number of fused-ring (bicyclic) bond motifs is 1. The van der Waals surface area contributed by atoms with Crippen molar-refractivity contribution in [3.8, 4) is 10.6 Å². The third kappa shape index (κ3) is 1.97. The standard InChI is InChI=1S/C13H12N2O2S2/c1-7-8(2)19-13-14-12(10-4-3-5-18-10)9(15(7)13)6-11(16)17/h3-5H,6H2,1-2H3,(H,16,17). The number of hydrogen-bond donors (Lipinski definition) is 1. The summed E-state index contributed by atoms with van der Waals surface area (Å²) in [4.78, 5) is 18.8. The second kappa shape index (κ2) is 4.47. The molecule has 0 aliphatic rings. The Balaban J connectivity index is 2.30. The van der Waals surface area contributed by atoms with Crippen molar-refractivity contribution in [3.63, 3.8) is 0 Å². The van der Waals surface area contributed by atoms with E-state index in [0.29, 0.717) is 0 Å². The highest BCUT2D eigenvalue weighted by Crippen LogP contribution is 2.33. The Hall–Kier alpha value is -1.66. The van der Waals surface area contributed by atoms with Crippen LogP contribution in [0.4, 0.5) is 0 Å². The third-order valence-electron chi connectivity index (χ3n) is 3.10. The first-order chi connectivity index (χ1) is 9.08. The van der Waals surface area contributed by atoms with E-state index in [4.69, 9.17) is 5.11 Å². The summed E-state index contributed by atoms with van der Waals surface area (Å²) in [6.07, 6.45) is -0.00852. The fourth-order valence-corrected chi connectivity index (χ4v) is 3.85. The molecular weight excluding hydrogens is 280 g/mol. The number of carbonyl (C=O) groups is 1. The fraction of sp³-hybridized carbons (Fsp3) is 0.231. The van der Waals surface area contributed by atoms with Gasteiger partial charge in [0, 0.05) is 10.6 Å². The normalized spacial score (nSPS) is 11.3. The molecule has 0 radical (unpaired) electrons. The van der Waals surface area contributed by atoms with Crippen LogP contribution in [0, 0.1) is 13.8 Å². The van der Waals surface area contributed by atoms with Crippen molar-refractivity contribution in [2.45, 2.75) is 20.3 Å². The molecule has 4 nitrogen and oxygen atoms in total. The number of carboxylic acids is 1. The minimum absolute atomic E-state index is 0.00852. The van der Waals surface area contributed by atoms with Crippen LogP contribution in [0.15, 0.2) is 17.5 Å². The number of thiazole rings is 1. The van der Waals surface area contributed by atoms with Crippen molar-refractivity contribution >= 4 is 33.6 Å². The van der Waals surface area contributed by atoms with E-state index in [1.165, 1.54) is 4.88 Å². The van der Waals surface area contributed by atoms with Crippen LogP contribution in [-0.2, 0) is 11.2 Å². The molecule has 1 N–H and O–H groups in total. The molecule has 98 valence electrons. The molecule has 0 aliphatic heterocycles. The Morgan fingerprint density at radius 1 is 1.47 bits per heavy atom. The van der Waals surface area contributed by atoms with E-state index >= 15 is 0 Å². The summed E-state index contributed by atoms with van der Waals surface area (Å²) in [5.74, 6) is -0.831. The highest BCUT2D eigenvalue weighted by molar-refractivity contribution is 7.17. The Morgan fingerprint density at radius 2 is 2.26 bits per heavy atom. The topological polar surface area (TPSA) is 54.6 Å². The molecule has 19 heavy (non-hydrogen) atoms. The van der Waals surface area contributed by atoms with Gasteiger partial charge in [0.1, 0.15) is 5.69 Å². The van der Waals surface area contributed by atoms with Gasteiger partial charge in [-0.05, 0) is 25.3 Å². The van der Waals surface area contributed by atoms with Gasteiger partial charge in [-0.3, -0.25) is 9.20 Å². The van der Waals surface area contributed by atoms with E-state index in [1.807, 2.05) is 35.8 Å². The Bertz CT molecular complexity index is 753. The maximum Gasteiger partial charge on any atom is 0.309 e. The fourth-order valence-electron chi connectivity index (χ4n) is 2.13. The Labute approximate surface area is 118 Å². The molecule has 0 atom stereocenters. The second-order valence-corrected chi connectivity index (χ2v) is 6.45. The van der Waals surface area contributed by atoms with Gasteiger partial charge >= 0.3 is 5.97 Å². The van der Waals surface area contributed by atoms with Crippen LogP contribution in [0.2, 0.25) is 0 Å². The molecule has 0 aliphatic carbocycles. The van der Waals surface area contributed by atoms with Gasteiger partial charge in [-0.15, -0.1) is 22.7 Å². The molecule has 3 aromatic rings. The van der Waals surface area contributed by atoms with E-state index in [9.17, 15) is 4.79 Å². The average Bonchev–Trinajstić information content (AvgIpc) is 3.00. The Morgan fingerprint density at radius 3 is 2.89 bits per heavy atom. The maximum absolute atomic E-state index is 11.1. The van der Waals surface area contributed by atoms with E-state index in [2.05, 4.69) is 4.98 Å². The van der Waals surface area contributed by atoms with E-state index in [0.717, 1.165) is 26.9 Å². The van der Waals surface area contributed by atoms with Crippen molar-refractivity contribution in [1.82, 2.24) is 9.38 Å². The van der Waals surface area contributed by atoms with Crippen LogP contribution in [0.1, 0.15) is 16.3 Å². The summed E-state index contributed by atoms with van der Waals surface area (Å²) in [5, 5.41) is 11.1. The number of imidazole rings is 1. The molecule has 0 saturated carbocycles. The molecule has 0 bridgehead atoms. The number of hydrogen-bond acceptors (Lipinski definition) is 4. The number of nitrogens with zero attached hydrogens (tertiary/aromatic N) is 2. The molecule has 0 saturated heterocycles. The van der Waals surface area contributed by atoms with Crippen LogP contribution in [0.5, 0.6) is 0 Å². The summed E-state index contributed by atoms with van der Waals surface area (Å²) in [7, 11) is 0. The zero-order chi connectivity index (χ0) is 13.6. The minimum atomic E-state index is -0.831. The lowest BCUT2D eigenvalue weighted by atomic mass is 10.2. The van der Waals surface area contributed by atoms with Crippen LogP contribution >= 0.6 is 22.7 Å². The lowest BCUT2D eigenvalue weighted by Gasteiger charge is -2.01. The van der Waals surface area contributed by atoms with E-state index in [1.54, 1.807) is 22.7 Å². The van der Waals surface area contributed by atoms with Crippen molar-refractivity contribution < 1.29 is 9.90 Å². The summed E-state index contributed by atoms with van der Waals surface area (Å²) in [5.41, 5.74) is 2.64. The summed E-state index contributed by atoms with van der Waals surface area (Å²) in [6.45, 7) is 4.04.